The molecule has 0 radical (unpaired) electrons. The number of anilines is 1. The quantitative estimate of drug-likeness (QED) is 0.780. The molecular formula is C14H17ClN2O4. The number of amides is 2. The molecule has 1 fully saturated rings. The van der Waals surface area contributed by atoms with Crippen LogP contribution in [0.1, 0.15) is 30.1 Å². The highest BCUT2D eigenvalue weighted by molar-refractivity contribution is 6.34. The van der Waals surface area contributed by atoms with Crippen LogP contribution in [-0.4, -0.2) is 35.9 Å². The Labute approximate surface area is 127 Å². The first-order chi connectivity index (χ1) is 10.0. The van der Waals surface area contributed by atoms with Gasteiger partial charge in [-0.1, -0.05) is 17.7 Å². The number of carbonyl (C=O) groups excluding carboxylic acids is 1. The van der Waals surface area contributed by atoms with Crippen molar-refractivity contribution in [3.8, 4) is 0 Å². The van der Waals surface area contributed by atoms with Gasteiger partial charge in [-0.05, 0) is 31.9 Å². The molecule has 3 N–H and O–H groups in total. The normalized spacial score (nSPS) is 20.5. The number of carboxylic acids is 1. The molecule has 1 saturated carbocycles. The fraction of sp³-hybridized carbons (Fsp3) is 0.429. The number of rotatable bonds is 5. The lowest BCUT2D eigenvalue weighted by atomic mass is 9.89. The first-order valence-corrected chi connectivity index (χ1v) is 7.10. The molecule has 6 nitrogen and oxygen atoms in total. The summed E-state index contributed by atoms with van der Waals surface area (Å²) in [7, 11) is 0. The molecule has 0 aromatic heterocycles. The van der Waals surface area contributed by atoms with E-state index >= 15 is 0 Å². The van der Waals surface area contributed by atoms with Gasteiger partial charge >= 0.3 is 12.0 Å². The summed E-state index contributed by atoms with van der Waals surface area (Å²) < 4.78 is 5.41. The average molecular weight is 313 g/mol. The topological polar surface area (TPSA) is 87.7 Å². The summed E-state index contributed by atoms with van der Waals surface area (Å²) in [6.07, 6.45) is 1.73. The fourth-order valence-corrected chi connectivity index (χ4v) is 2.50. The van der Waals surface area contributed by atoms with Crippen LogP contribution in [-0.2, 0) is 4.74 Å². The van der Waals surface area contributed by atoms with Crippen LogP contribution < -0.4 is 10.6 Å². The molecule has 2 rings (SSSR count). The van der Waals surface area contributed by atoms with Crippen molar-refractivity contribution in [3.05, 3.63) is 28.8 Å². The molecule has 1 aliphatic rings. The van der Waals surface area contributed by atoms with Crippen LogP contribution in [0.5, 0.6) is 0 Å². The fourth-order valence-electron chi connectivity index (χ4n) is 2.24. The predicted octanol–water partition coefficient (Wildman–Crippen LogP) is 2.73. The molecule has 0 atom stereocenters. The monoisotopic (exact) mass is 312 g/mol. The first-order valence-electron chi connectivity index (χ1n) is 6.72. The summed E-state index contributed by atoms with van der Waals surface area (Å²) in [5.41, 5.74) is 0.0586. The molecule has 0 heterocycles. The Morgan fingerprint density at radius 2 is 2.14 bits per heavy atom. The van der Waals surface area contributed by atoms with Gasteiger partial charge in [0.1, 0.15) is 5.56 Å². The minimum Gasteiger partial charge on any atom is -0.478 e. The third-order valence-corrected chi connectivity index (χ3v) is 3.62. The second-order valence-electron chi connectivity index (χ2n) is 4.81. The molecular weight excluding hydrogens is 296 g/mol. The zero-order chi connectivity index (χ0) is 15.4. The van der Waals surface area contributed by atoms with E-state index in [1.165, 1.54) is 12.1 Å². The molecule has 2 amide bonds. The van der Waals surface area contributed by atoms with Gasteiger partial charge in [-0.25, -0.2) is 9.59 Å². The van der Waals surface area contributed by atoms with Crippen molar-refractivity contribution in [1.82, 2.24) is 5.32 Å². The summed E-state index contributed by atoms with van der Waals surface area (Å²) in [4.78, 5) is 23.0. The molecule has 114 valence electrons. The minimum absolute atomic E-state index is 0.0500. The lowest BCUT2D eigenvalue weighted by Gasteiger charge is -2.35. The van der Waals surface area contributed by atoms with Gasteiger partial charge in [0, 0.05) is 12.6 Å². The molecule has 0 spiro atoms. The van der Waals surface area contributed by atoms with Crippen LogP contribution in [0, 0.1) is 0 Å². The zero-order valence-corrected chi connectivity index (χ0v) is 12.3. The Morgan fingerprint density at radius 3 is 2.76 bits per heavy atom. The van der Waals surface area contributed by atoms with Crippen molar-refractivity contribution in [2.45, 2.75) is 31.9 Å². The van der Waals surface area contributed by atoms with Crippen molar-refractivity contribution in [3.63, 3.8) is 0 Å². The molecule has 0 saturated heterocycles. The van der Waals surface area contributed by atoms with Gasteiger partial charge in [0.15, 0.2) is 0 Å². The van der Waals surface area contributed by atoms with Gasteiger partial charge in [0.05, 0.1) is 16.8 Å². The number of ether oxygens (including phenoxy) is 1. The SMILES string of the molecule is CCOC1CC(NC(=O)Nc2cccc(Cl)c2C(=O)O)C1. The average Bonchev–Trinajstić information content (AvgIpc) is 2.35. The Balaban J connectivity index is 1.92. The van der Waals surface area contributed by atoms with E-state index in [0.29, 0.717) is 6.61 Å². The second-order valence-corrected chi connectivity index (χ2v) is 5.22. The third kappa shape index (κ3) is 3.86. The van der Waals surface area contributed by atoms with E-state index in [2.05, 4.69) is 10.6 Å². The lowest BCUT2D eigenvalue weighted by Crippen LogP contribution is -2.49. The van der Waals surface area contributed by atoms with Gasteiger partial charge in [0.2, 0.25) is 0 Å². The minimum atomic E-state index is -1.18. The van der Waals surface area contributed by atoms with Crippen LogP contribution >= 0.6 is 11.6 Å². The van der Waals surface area contributed by atoms with E-state index in [-0.39, 0.29) is 28.4 Å². The number of aromatic carboxylic acids is 1. The Kier molecular flexibility index (Phi) is 5.03. The predicted molar refractivity (Wildman–Crippen MR) is 79.0 cm³/mol. The molecule has 0 bridgehead atoms. The lowest BCUT2D eigenvalue weighted by molar-refractivity contribution is -0.00673. The van der Waals surface area contributed by atoms with Gasteiger partial charge in [-0.2, -0.15) is 0 Å². The van der Waals surface area contributed by atoms with Gasteiger partial charge in [0.25, 0.3) is 0 Å². The van der Waals surface area contributed by atoms with Crippen LogP contribution in [0.3, 0.4) is 0 Å². The van der Waals surface area contributed by atoms with E-state index in [0.717, 1.165) is 12.8 Å². The number of urea groups is 1. The van der Waals surface area contributed by atoms with Crippen molar-refractivity contribution in [1.29, 1.82) is 0 Å². The zero-order valence-electron chi connectivity index (χ0n) is 11.6. The van der Waals surface area contributed by atoms with Crippen LogP contribution in [0.25, 0.3) is 0 Å². The number of carboxylic acid groups (broad SMARTS) is 1. The molecule has 21 heavy (non-hydrogen) atoms. The Hall–Kier alpha value is -1.79. The molecule has 1 aromatic carbocycles. The maximum Gasteiger partial charge on any atom is 0.339 e. The van der Waals surface area contributed by atoms with E-state index < -0.39 is 12.0 Å². The number of benzene rings is 1. The number of halogens is 1. The molecule has 0 aliphatic heterocycles. The maximum atomic E-state index is 11.9. The van der Waals surface area contributed by atoms with Crippen molar-refractivity contribution in [2.75, 3.05) is 11.9 Å². The maximum absolute atomic E-state index is 11.9. The molecule has 7 heteroatoms. The summed E-state index contributed by atoms with van der Waals surface area (Å²) >= 11 is 5.84. The highest BCUT2D eigenvalue weighted by Crippen LogP contribution is 2.25. The van der Waals surface area contributed by atoms with Crippen molar-refractivity contribution >= 4 is 29.3 Å². The molecule has 1 aliphatic carbocycles. The summed E-state index contributed by atoms with van der Waals surface area (Å²) in [6.45, 7) is 2.59. The molecule has 0 unspecified atom stereocenters. The summed E-state index contributed by atoms with van der Waals surface area (Å²) in [6, 6.07) is 4.15. The van der Waals surface area contributed by atoms with Crippen LogP contribution in [0.4, 0.5) is 10.5 Å². The van der Waals surface area contributed by atoms with Crippen molar-refractivity contribution in [2.24, 2.45) is 0 Å². The summed E-state index contributed by atoms with van der Waals surface area (Å²) in [5.74, 6) is -1.18. The smallest absolute Gasteiger partial charge is 0.339 e. The van der Waals surface area contributed by atoms with E-state index in [1.807, 2.05) is 6.92 Å². The van der Waals surface area contributed by atoms with Crippen LogP contribution in [0.2, 0.25) is 5.02 Å². The Bertz CT molecular complexity index is 544. The summed E-state index contributed by atoms with van der Waals surface area (Å²) in [5, 5.41) is 14.5. The Morgan fingerprint density at radius 1 is 1.43 bits per heavy atom. The number of nitrogens with one attached hydrogen (secondary N) is 2. The van der Waals surface area contributed by atoms with E-state index in [4.69, 9.17) is 21.4 Å². The number of hydrogen-bond acceptors (Lipinski definition) is 3. The molecule has 1 aromatic rings. The number of hydrogen-bond donors (Lipinski definition) is 3. The highest BCUT2D eigenvalue weighted by Gasteiger charge is 2.30. The van der Waals surface area contributed by atoms with E-state index in [1.54, 1.807) is 6.07 Å². The first kappa shape index (κ1) is 15.6. The van der Waals surface area contributed by atoms with Gasteiger partial charge in [-0.3, -0.25) is 0 Å². The standard InChI is InChI=1S/C14H17ClN2O4/c1-2-21-9-6-8(7-9)16-14(20)17-11-5-3-4-10(15)12(11)13(18)19/h3-5,8-9H,2,6-7H2,1H3,(H,18,19)(H2,16,17,20). The largest absolute Gasteiger partial charge is 0.478 e. The number of carbonyl (C=O) groups is 2. The van der Waals surface area contributed by atoms with Crippen molar-refractivity contribution < 1.29 is 19.4 Å². The highest BCUT2D eigenvalue weighted by atomic mass is 35.5. The van der Waals surface area contributed by atoms with Gasteiger partial charge in [-0.15, -0.1) is 0 Å². The third-order valence-electron chi connectivity index (χ3n) is 3.31. The van der Waals surface area contributed by atoms with E-state index in [9.17, 15) is 9.59 Å². The second kappa shape index (κ2) is 6.78. The van der Waals surface area contributed by atoms with Crippen LogP contribution in [0.15, 0.2) is 18.2 Å². The van der Waals surface area contributed by atoms with Gasteiger partial charge < -0.3 is 20.5 Å².